The topological polar surface area (TPSA) is 62.3 Å². The summed E-state index contributed by atoms with van der Waals surface area (Å²) < 4.78 is 14.8. The highest BCUT2D eigenvalue weighted by atomic mass is 79.9. The van der Waals surface area contributed by atoms with Crippen LogP contribution in [-0.4, -0.2) is 28.2 Å². The average molecular weight is 456 g/mol. The minimum Gasteiger partial charge on any atom is -0.334 e. The Kier molecular flexibility index (Phi) is 6.72. The van der Waals surface area contributed by atoms with Gasteiger partial charge in [0.05, 0.1) is 5.56 Å². The molecule has 1 aromatic heterocycles. The predicted molar refractivity (Wildman–Crippen MR) is 113 cm³/mol. The summed E-state index contributed by atoms with van der Waals surface area (Å²) in [6, 6.07) is 14.7. The van der Waals surface area contributed by atoms with E-state index in [1.807, 2.05) is 6.92 Å². The molecule has 3 rings (SSSR count). The molecular formula is C22H19BrFN3O2. The van der Waals surface area contributed by atoms with Crippen molar-refractivity contribution in [2.75, 3.05) is 11.9 Å². The number of pyridine rings is 1. The van der Waals surface area contributed by atoms with Crippen LogP contribution in [0.3, 0.4) is 0 Å². The zero-order valence-electron chi connectivity index (χ0n) is 15.7. The number of hydrogen-bond donors (Lipinski definition) is 1. The number of nitrogens with one attached hydrogen (secondary N) is 1. The fourth-order valence-electron chi connectivity index (χ4n) is 2.81. The molecule has 0 saturated carbocycles. The maximum Gasteiger partial charge on any atom is 0.257 e. The van der Waals surface area contributed by atoms with Crippen molar-refractivity contribution in [2.24, 2.45) is 0 Å². The first-order chi connectivity index (χ1) is 14.0. The normalized spacial score (nSPS) is 10.4. The summed E-state index contributed by atoms with van der Waals surface area (Å²) in [5, 5.41) is 2.76. The Morgan fingerprint density at radius 1 is 1.10 bits per heavy atom. The number of amides is 2. The van der Waals surface area contributed by atoms with E-state index >= 15 is 0 Å². The van der Waals surface area contributed by atoms with Crippen molar-refractivity contribution >= 4 is 33.4 Å². The summed E-state index contributed by atoms with van der Waals surface area (Å²) >= 11 is 3.33. The van der Waals surface area contributed by atoms with Crippen LogP contribution in [0.15, 0.2) is 71.5 Å². The van der Waals surface area contributed by atoms with E-state index in [2.05, 4.69) is 26.2 Å². The molecular weight excluding hydrogens is 437 g/mol. The van der Waals surface area contributed by atoms with Gasteiger partial charge in [0, 0.05) is 46.8 Å². The Bertz CT molecular complexity index is 1030. The molecule has 1 N–H and O–H groups in total. The Morgan fingerprint density at radius 2 is 1.90 bits per heavy atom. The van der Waals surface area contributed by atoms with Crippen LogP contribution in [0.2, 0.25) is 0 Å². The second kappa shape index (κ2) is 9.43. The van der Waals surface area contributed by atoms with Crippen LogP contribution >= 0.6 is 15.9 Å². The minimum atomic E-state index is -0.364. The molecule has 148 valence electrons. The van der Waals surface area contributed by atoms with Gasteiger partial charge < -0.3 is 10.2 Å². The zero-order chi connectivity index (χ0) is 20.8. The summed E-state index contributed by atoms with van der Waals surface area (Å²) in [6.07, 6.45) is 3.05. The third-order valence-electron chi connectivity index (χ3n) is 4.33. The molecule has 0 aliphatic carbocycles. The van der Waals surface area contributed by atoms with Gasteiger partial charge in [-0.15, -0.1) is 0 Å². The molecule has 0 bridgehead atoms. The van der Waals surface area contributed by atoms with Crippen LogP contribution in [-0.2, 0) is 6.54 Å². The van der Waals surface area contributed by atoms with E-state index in [1.54, 1.807) is 59.6 Å². The van der Waals surface area contributed by atoms with Crippen molar-refractivity contribution < 1.29 is 14.0 Å². The number of anilines is 1. The molecule has 1 heterocycles. The lowest BCUT2D eigenvalue weighted by Crippen LogP contribution is -2.30. The first kappa shape index (κ1) is 20.7. The van der Waals surface area contributed by atoms with E-state index in [4.69, 9.17) is 0 Å². The summed E-state index contributed by atoms with van der Waals surface area (Å²) in [5.74, 6) is -0.924. The van der Waals surface area contributed by atoms with Crippen LogP contribution in [0.5, 0.6) is 0 Å². The minimum absolute atomic E-state index is 0.146. The lowest BCUT2D eigenvalue weighted by molar-refractivity contribution is 0.0750. The molecule has 3 aromatic rings. The Balaban J connectivity index is 1.76. The zero-order valence-corrected chi connectivity index (χ0v) is 17.3. The highest BCUT2D eigenvalue weighted by molar-refractivity contribution is 9.10. The molecule has 0 saturated heterocycles. The van der Waals surface area contributed by atoms with Gasteiger partial charge in [0.15, 0.2) is 0 Å². The van der Waals surface area contributed by atoms with Gasteiger partial charge in [0.1, 0.15) is 5.82 Å². The molecule has 7 heteroatoms. The molecule has 29 heavy (non-hydrogen) atoms. The second-order valence-corrected chi connectivity index (χ2v) is 7.25. The van der Waals surface area contributed by atoms with E-state index in [-0.39, 0.29) is 24.2 Å². The van der Waals surface area contributed by atoms with Gasteiger partial charge in [-0.2, -0.15) is 0 Å². The molecule has 0 aliphatic heterocycles. The number of halogens is 2. The maximum absolute atomic E-state index is 14.1. The monoisotopic (exact) mass is 455 g/mol. The number of aromatic nitrogens is 1. The lowest BCUT2D eigenvalue weighted by atomic mass is 10.1. The molecule has 0 radical (unpaired) electrons. The number of carbonyl (C=O) groups excluding carboxylic acids is 2. The average Bonchev–Trinajstić information content (AvgIpc) is 2.74. The summed E-state index contributed by atoms with van der Waals surface area (Å²) in [5.41, 5.74) is 1.75. The van der Waals surface area contributed by atoms with Crippen LogP contribution in [0.25, 0.3) is 0 Å². The van der Waals surface area contributed by atoms with Gasteiger partial charge in [-0.05, 0) is 55.5 Å². The second-order valence-electron chi connectivity index (χ2n) is 6.33. The van der Waals surface area contributed by atoms with E-state index in [0.717, 1.165) is 4.47 Å². The maximum atomic E-state index is 14.1. The number of benzene rings is 2. The van der Waals surface area contributed by atoms with Gasteiger partial charge in [0.2, 0.25) is 0 Å². The van der Waals surface area contributed by atoms with Gasteiger partial charge in [-0.1, -0.05) is 22.0 Å². The van der Waals surface area contributed by atoms with E-state index in [0.29, 0.717) is 28.9 Å². The molecule has 5 nitrogen and oxygen atoms in total. The summed E-state index contributed by atoms with van der Waals surface area (Å²) in [6.45, 7) is 2.39. The van der Waals surface area contributed by atoms with Crippen molar-refractivity contribution in [3.8, 4) is 0 Å². The van der Waals surface area contributed by atoms with Crippen molar-refractivity contribution in [3.63, 3.8) is 0 Å². The number of carbonyl (C=O) groups is 2. The van der Waals surface area contributed by atoms with Gasteiger partial charge in [-0.3, -0.25) is 14.6 Å². The first-order valence-corrected chi connectivity index (χ1v) is 9.82. The molecule has 2 aromatic carbocycles. The predicted octanol–water partition coefficient (Wildman–Crippen LogP) is 4.90. The van der Waals surface area contributed by atoms with E-state index in [9.17, 15) is 14.0 Å². The van der Waals surface area contributed by atoms with Crippen molar-refractivity contribution in [3.05, 3.63) is 94.0 Å². The number of hydrogen-bond acceptors (Lipinski definition) is 3. The summed E-state index contributed by atoms with van der Waals surface area (Å²) in [4.78, 5) is 30.7. The third kappa shape index (κ3) is 5.26. The van der Waals surface area contributed by atoms with Crippen molar-refractivity contribution in [2.45, 2.75) is 13.5 Å². The molecule has 0 spiro atoms. The Labute approximate surface area is 176 Å². The van der Waals surface area contributed by atoms with Gasteiger partial charge in [0.25, 0.3) is 11.8 Å². The largest absolute Gasteiger partial charge is 0.334 e. The van der Waals surface area contributed by atoms with Crippen LogP contribution < -0.4 is 5.32 Å². The third-order valence-corrected chi connectivity index (χ3v) is 4.82. The Hall–Kier alpha value is -3.06. The lowest BCUT2D eigenvalue weighted by Gasteiger charge is -2.22. The molecule has 0 atom stereocenters. The van der Waals surface area contributed by atoms with Crippen LogP contribution in [0.1, 0.15) is 33.2 Å². The highest BCUT2D eigenvalue weighted by Crippen LogP contribution is 2.19. The number of rotatable bonds is 6. The van der Waals surface area contributed by atoms with E-state index in [1.165, 1.54) is 12.3 Å². The molecule has 0 fully saturated rings. The van der Waals surface area contributed by atoms with Crippen molar-refractivity contribution in [1.29, 1.82) is 0 Å². The summed E-state index contributed by atoms with van der Waals surface area (Å²) in [7, 11) is 0. The molecule has 2 amide bonds. The SMILES string of the molecule is CCN(Cc1cc(Br)ccc1F)C(=O)c1cccc(NC(=O)c2cccnc2)c1. The smallest absolute Gasteiger partial charge is 0.257 e. The molecule has 0 unspecified atom stereocenters. The van der Waals surface area contributed by atoms with Gasteiger partial charge in [-0.25, -0.2) is 4.39 Å². The van der Waals surface area contributed by atoms with Crippen LogP contribution in [0, 0.1) is 5.82 Å². The van der Waals surface area contributed by atoms with Gasteiger partial charge >= 0.3 is 0 Å². The number of nitrogens with zero attached hydrogens (tertiary/aromatic N) is 2. The fourth-order valence-corrected chi connectivity index (χ4v) is 3.22. The molecule has 0 aliphatic rings. The van der Waals surface area contributed by atoms with Crippen molar-refractivity contribution in [1.82, 2.24) is 9.88 Å². The standard InChI is InChI=1S/C22H19BrFN3O2/c1-2-27(14-17-11-18(23)8-9-20(17)24)22(29)15-5-3-7-19(12-15)26-21(28)16-6-4-10-25-13-16/h3-13H,2,14H2,1H3,(H,26,28). The van der Waals surface area contributed by atoms with E-state index < -0.39 is 0 Å². The Morgan fingerprint density at radius 3 is 2.62 bits per heavy atom. The quantitative estimate of drug-likeness (QED) is 0.574. The van der Waals surface area contributed by atoms with Crippen LogP contribution in [0.4, 0.5) is 10.1 Å². The fraction of sp³-hybridized carbons (Fsp3) is 0.136. The first-order valence-electron chi connectivity index (χ1n) is 9.02. The highest BCUT2D eigenvalue weighted by Gasteiger charge is 2.17.